The fraction of sp³-hybridized carbons (Fsp3) is 0.867. The standard InChI is InChI=1S/C15H26O/c1-10(2)12-7-8-15(4,16)14-6-5-11(3)13(14)9-12/h11-14,16H,1,5-9H2,2-4H3/t11-,12-,13-,14-,15+/m1/s1. The van der Waals surface area contributed by atoms with E-state index in [0.29, 0.717) is 11.8 Å². The highest BCUT2D eigenvalue weighted by Crippen LogP contribution is 2.50. The van der Waals surface area contributed by atoms with Gasteiger partial charge in [-0.2, -0.15) is 0 Å². The van der Waals surface area contributed by atoms with Crippen molar-refractivity contribution in [3.63, 3.8) is 0 Å². The summed E-state index contributed by atoms with van der Waals surface area (Å²) in [6.45, 7) is 10.7. The Morgan fingerprint density at radius 2 is 2.00 bits per heavy atom. The second-order valence-corrected chi connectivity index (χ2v) is 6.50. The van der Waals surface area contributed by atoms with E-state index in [1.807, 2.05) is 0 Å². The third-order valence-electron chi connectivity index (χ3n) is 5.23. The predicted molar refractivity (Wildman–Crippen MR) is 68.2 cm³/mol. The maximum absolute atomic E-state index is 10.6. The monoisotopic (exact) mass is 222 g/mol. The van der Waals surface area contributed by atoms with Gasteiger partial charge < -0.3 is 5.11 Å². The summed E-state index contributed by atoms with van der Waals surface area (Å²) >= 11 is 0. The third-order valence-corrected chi connectivity index (χ3v) is 5.23. The van der Waals surface area contributed by atoms with E-state index < -0.39 is 5.60 Å². The van der Waals surface area contributed by atoms with Gasteiger partial charge in [0.2, 0.25) is 0 Å². The fourth-order valence-corrected chi connectivity index (χ4v) is 3.98. The van der Waals surface area contributed by atoms with Gasteiger partial charge in [-0.25, -0.2) is 0 Å². The number of hydrogen-bond acceptors (Lipinski definition) is 1. The Labute approximate surface area is 99.9 Å². The molecule has 1 N–H and O–H groups in total. The van der Waals surface area contributed by atoms with Crippen LogP contribution in [0.5, 0.6) is 0 Å². The number of aliphatic hydroxyl groups is 1. The molecule has 0 heterocycles. The molecule has 16 heavy (non-hydrogen) atoms. The van der Waals surface area contributed by atoms with Gasteiger partial charge in [-0.15, -0.1) is 0 Å². The molecule has 2 aliphatic rings. The number of rotatable bonds is 1. The summed E-state index contributed by atoms with van der Waals surface area (Å²) in [5, 5.41) is 10.6. The first-order valence-corrected chi connectivity index (χ1v) is 6.79. The highest BCUT2D eigenvalue weighted by Gasteiger charge is 2.46. The lowest BCUT2D eigenvalue weighted by Crippen LogP contribution is -2.36. The molecular formula is C15H26O. The minimum absolute atomic E-state index is 0.431. The maximum atomic E-state index is 10.6. The summed E-state index contributed by atoms with van der Waals surface area (Å²) in [6.07, 6.45) is 5.87. The van der Waals surface area contributed by atoms with Gasteiger partial charge in [0.05, 0.1) is 5.60 Å². The highest BCUT2D eigenvalue weighted by atomic mass is 16.3. The van der Waals surface area contributed by atoms with E-state index in [4.69, 9.17) is 0 Å². The SMILES string of the molecule is C=C(C)[C@@H]1CC[C@](C)(O)[C@@H]2CC[C@@H](C)[C@H]2C1. The van der Waals surface area contributed by atoms with Crippen LogP contribution >= 0.6 is 0 Å². The van der Waals surface area contributed by atoms with Gasteiger partial charge in [0.25, 0.3) is 0 Å². The predicted octanol–water partition coefficient (Wildman–Crippen LogP) is 3.78. The lowest BCUT2D eigenvalue weighted by Gasteiger charge is -2.33. The van der Waals surface area contributed by atoms with Crippen LogP contribution in [0.25, 0.3) is 0 Å². The molecule has 0 saturated heterocycles. The van der Waals surface area contributed by atoms with E-state index in [9.17, 15) is 5.11 Å². The Bertz CT molecular complexity index is 279. The Morgan fingerprint density at radius 1 is 1.31 bits per heavy atom. The Hall–Kier alpha value is -0.300. The molecule has 2 fully saturated rings. The largest absolute Gasteiger partial charge is 0.390 e. The molecule has 0 bridgehead atoms. The zero-order valence-corrected chi connectivity index (χ0v) is 11.0. The minimum Gasteiger partial charge on any atom is -0.390 e. The molecule has 1 heteroatoms. The maximum Gasteiger partial charge on any atom is 0.0650 e. The number of fused-ring (bicyclic) bond motifs is 1. The van der Waals surface area contributed by atoms with Crippen molar-refractivity contribution in [3.05, 3.63) is 12.2 Å². The van der Waals surface area contributed by atoms with Gasteiger partial charge in [-0.1, -0.05) is 25.5 Å². The molecule has 92 valence electrons. The summed E-state index contributed by atoms with van der Waals surface area (Å²) in [5.41, 5.74) is 0.884. The Morgan fingerprint density at radius 3 is 2.62 bits per heavy atom. The molecule has 5 atom stereocenters. The Balaban J connectivity index is 2.21. The molecule has 0 aromatic heterocycles. The van der Waals surface area contributed by atoms with Crippen LogP contribution in [-0.2, 0) is 0 Å². The first-order valence-electron chi connectivity index (χ1n) is 6.79. The molecule has 0 aliphatic heterocycles. The minimum atomic E-state index is -0.431. The number of hydrogen-bond donors (Lipinski definition) is 1. The zero-order valence-electron chi connectivity index (χ0n) is 11.0. The van der Waals surface area contributed by atoms with Crippen molar-refractivity contribution in [2.24, 2.45) is 23.7 Å². The molecule has 0 amide bonds. The lowest BCUT2D eigenvalue weighted by molar-refractivity contribution is -0.0208. The highest BCUT2D eigenvalue weighted by molar-refractivity contribution is 5.04. The van der Waals surface area contributed by atoms with Gasteiger partial charge >= 0.3 is 0 Å². The van der Waals surface area contributed by atoms with Crippen molar-refractivity contribution in [3.8, 4) is 0 Å². The summed E-state index contributed by atoms with van der Waals surface area (Å²) in [4.78, 5) is 0. The fourth-order valence-electron chi connectivity index (χ4n) is 3.98. The van der Waals surface area contributed by atoms with Gasteiger partial charge in [0.15, 0.2) is 0 Å². The van der Waals surface area contributed by atoms with Crippen molar-refractivity contribution in [2.45, 2.75) is 58.5 Å². The normalized spacial score (nSPS) is 48.5. The first-order chi connectivity index (χ1) is 7.42. The van der Waals surface area contributed by atoms with Crippen molar-refractivity contribution in [1.82, 2.24) is 0 Å². The van der Waals surface area contributed by atoms with Crippen LogP contribution in [-0.4, -0.2) is 10.7 Å². The summed E-state index contributed by atoms with van der Waals surface area (Å²) in [6, 6.07) is 0. The topological polar surface area (TPSA) is 20.2 Å². The van der Waals surface area contributed by atoms with Crippen molar-refractivity contribution >= 4 is 0 Å². The molecule has 0 radical (unpaired) electrons. The van der Waals surface area contributed by atoms with Gasteiger partial charge in [0, 0.05) is 0 Å². The number of allylic oxidation sites excluding steroid dienone is 1. The van der Waals surface area contributed by atoms with E-state index in [2.05, 4.69) is 27.4 Å². The van der Waals surface area contributed by atoms with Crippen LogP contribution in [0.2, 0.25) is 0 Å². The molecule has 2 rings (SSSR count). The molecule has 0 aromatic carbocycles. The van der Waals surface area contributed by atoms with Crippen LogP contribution in [0.4, 0.5) is 0 Å². The quantitative estimate of drug-likeness (QED) is 0.669. The van der Waals surface area contributed by atoms with Crippen molar-refractivity contribution < 1.29 is 5.11 Å². The van der Waals surface area contributed by atoms with E-state index in [1.54, 1.807) is 0 Å². The molecular weight excluding hydrogens is 196 g/mol. The first kappa shape index (κ1) is 12.2. The Kier molecular flexibility index (Phi) is 3.18. The second-order valence-electron chi connectivity index (χ2n) is 6.50. The lowest BCUT2D eigenvalue weighted by atomic mass is 9.77. The van der Waals surface area contributed by atoms with E-state index in [-0.39, 0.29) is 0 Å². The molecule has 2 saturated carbocycles. The molecule has 0 unspecified atom stereocenters. The van der Waals surface area contributed by atoms with Gasteiger partial charge in [-0.3, -0.25) is 0 Å². The summed E-state index contributed by atoms with van der Waals surface area (Å²) in [7, 11) is 0. The van der Waals surface area contributed by atoms with Crippen LogP contribution in [0.15, 0.2) is 12.2 Å². The van der Waals surface area contributed by atoms with Crippen LogP contribution in [0, 0.1) is 23.7 Å². The summed E-state index contributed by atoms with van der Waals surface area (Å²) < 4.78 is 0. The molecule has 1 nitrogen and oxygen atoms in total. The van der Waals surface area contributed by atoms with Crippen LogP contribution in [0.1, 0.15) is 52.9 Å². The second kappa shape index (κ2) is 4.18. The smallest absolute Gasteiger partial charge is 0.0650 e. The molecule has 0 aromatic rings. The van der Waals surface area contributed by atoms with E-state index in [0.717, 1.165) is 24.7 Å². The van der Waals surface area contributed by atoms with Crippen molar-refractivity contribution in [1.29, 1.82) is 0 Å². The third kappa shape index (κ3) is 2.07. The zero-order chi connectivity index (χ0) is 11.9. The van der Waals surface area contributed by atoms with Crippen LogP contribution in [0.3, 0.4) is 0 Å². The van der Waals surface area contributed by atoms with E-state index >= 15 is 0 Å². The average molecular weight is 222 g/mol. The van der Waals surface area contributed by atoms with Crippen LogP contribution < -0.4 is 0 Å². The average Bonchev–Trinajstić information content (AvgIpc) is 2.47. The molecule has 0 spiro atoms. The van der Waals surface area contributed by atoms with E-state index in [1.165, 1.54) is 24.8 Å². The molecule has 2 aliphatic carbocycles. The summed E-state index contributed by atoms with van der Waals surface area (Å²) in [5.74, 6) is 2.68. The van der Waals surface area contributed by atoms with Crippen molar-refractivity contribution in [2.75, 3.05) is 0 Å². The van der Waals surface area contributed by atoms with Gasteiger partial charge in [-0.05, 0) is 63.2 Å². The van der Waals surface area contributed by atoms with Gasteiger partial charge in [0.1, 0.15) is 0 Å².